The van der Waals surface area contributed by atoms with E-state index in [0.29, 0.717) is 6.54 Å². The first kappa shape index (κ1) is 12.4. The van der Waals surface area contributed by atoms with Crippen molar-refractivity contribution in [3.63, 3.8) is 0 Å². The molecule has 2 aromatic carbocycles. The van der Waals surface area contributed by atoms with E-state index in [1.807, 2.05) is 35.1 Å². The van der Waals surface area contributed by atoms with Gasteiger partial charge in [0.05, 0.1) is 12.7 Å². The van der Waals surface area contributed by atoms with Gasteiger partial charge in [0, 0.05) is 17.4 Å². The molecule has 1 heterocycles. The quantitative estimate of drug-likeness (QED) is 0.740. The van der Waals surface area contributed by atoms with Gasteiger partial charge in [0.25, 0.3) is 0 Å². The molecule has 0 aliphatic heterocycles. The minimum Gasteiger partial charge on any atom is -0.399 e. The average Bonchev–Trinajstić information content (AvgIpc) is 2.90. The third-order valence-electron chi connectivity index (χ3n) is 3.11. The molecule has 100 valence electrons. The summed E-state index contributed by atoms with van der Waals surface area (Å²) in [6, 6.07) is 14.1. The third kappa shape index (κ3) is 2.69. The molecule has 2 N–H and O–H groups in total. The lowest BCUT2D eigenvalue weighted by Gasteiger charge is -2.02. The molecule has 0 bridgehead atoms. The maximum atomic E-state index is 12.9. The SMILES string of the molecule is Nc1cccc(-c2cnn(Cc3ccc(F)cc3)c2)c1. The Bertz CT molecular complexity index is 717. The van der Waals surface area contributed by atoms with Crippen LogP contribution in [0.5, 0.6) is 0 Å². The van der Waals surface area contributed by atoms with E-state index < -0.39 is 0 Å². The van der Waals surface area contributed by atoms with E-state index in [1.165, 1.54) is 12.1 Å². The summed E-state index contributed by atoms with van der Waals surface area (Å²) in [5.41, 5.74) is 9.57. The number of rotatable bonds is 3. The minimum absolute atomic E-state index is 0.227. The second-order valence-corrected chi connectivity index (χ2v) is 4.68. The predicted octanol–water partition coefficient (Wildman–Crippen LogP) is 3.32. The maximum absolute atomic E-state index is 12.9. The van der Waals surface area contributed by atoms with Gasteiger partial charge in [0.1, 0.15) is 5.82 Å². The monoisotopic (exact) mass is 267 g/mol. The number of aromatic nitrogens is 2. The van der Waals surface area contributed by atoms with E-state index in [-0.39, 0.29) is 5.82 Å². The van der Waals surface area contributed by atoms with Gasteiger partial charge in [-0.15, -0.1) is 0 Å². The second kappa shape index (κ2) is 5.17. The summed E-state index contributed by atoms with van der Waals surface area (Å²) in [5, 5.41) is 4.32. The van der Waals surface area contributed by atoms with Gasteiger partial charge < -0.3 is 5.73 Å². The number of nitrogen functional groups attached to an aromatic ring is 1. The first-order valence-electron chi connectivity index (χ1n) is 6.33. The first-order chi connectivity index (χ1) is 9.70. The molecule has 0 saturated carbocycles. The van der Waals surface area contributed by atoms with Crippen molar-refractivity contribution in [3.05, 3.63) is 72.3 Å². The topological polar surface area (TPSA) is 43.8 Å². The van der Waals surface area contributed by atoms with Crippen LogP contribution in [0.2, 0.25) is 0 Å². The summed E-state index contributed by atoms with van der Waals surface area (Å²) in [6.07, 6.45) is 3.76. The van der Waals surface area contributed by atoms with Crippen molar-refractivity contribution in [1.82, 2.24) is 9.78 Å². The first-order valence-corrected chi connectivity index (χ1v) is 6.33. The number of halogens is 1. The maximum Gasteiger partial charge on any atom is 0.123 e. The van der Waals surface area contributed by atoms with Gasteiger partial charge in [0.2, 0.25) is 0 Å². The van der Waals surface area contributed by atoms with Crippen molar-refractivity contribution in [1.29, 1.82) is 0 Å². The van der Waals surface area contributed by atoms with Gasteiger partial charge in [-0.25, -0.2) is 4.39 Å². The van der Waals surface area contributed by atoms with Gasteiger partial charge in [-0.05, 0) is 35.4 Å². The molecule has 0 radical (unpaired) electrons. The summed E-state index contributed by atoms with van der Waals surface area (Å²) in [4.78, 5) is 0. The molecule has 3 nitrogen and oxygen atoms in total. The Hall–Kier alpha value is -2.62. The molecule has 0 fully saturated rings. The van der Waals surface area contributed by atoms with Crippen molar-refractivity contribution in [2.45, 2.75) is 6.54 Å². The molecule has 1 aromatic heterocycles. The number of hydrogen-bond donors (Lipinski definition) is 1. The smallest absolute Gasteiger partial charge is 0.123 e. The predicted molar refractivity (Wildman–Crippen MR) is 77.6 cm³/mol. The molecule has 0 unspecified atom stereocenters. The van der Waals surface area contributed by atoms with Crippen molar-refractivity contribution in [2.75, 3.05) is 5.73 Å². The number of nitrogens with two attached hydrogens (primary N) is 1. The lowest BCUT2D eigenvalue weighted by atomic mass is 10.1. The Balaban J connectivity index is 1.82. The van der Waals surface area contributed by atoms with Crippen LogP contribution in [0, 0.1) is 5.82 Å². The van der Waals surface area contributed by atoms with E-state index in [4.69, 9.17) is 5.73 Å². The number of nitrogens with zero attached hydrogens (tertiary/aromatic N) is 2. The van der Waals surface area contributed by atoms with E-state index >= 15 is 0 Å². The normalized spacial score (nSPS) is 10.7. The van der Waals surface area contributed by atoms with E-state index in [0.717, 1.165) is 22.4 Å². The fraction of sp³-hybridized carbons (Fsp3) is 0.0625. The van der Waals surface area contributed by atoms with Crippen LogP contribution in [0.15, 0.2) is 60.9 Å². The minimum atomic E-state index is -0.227. The molecule has 0 aliphatic rings. The highest BCUT2D eigenvalue weighted by Gasteiger charge is 2.03. The van der Waals surface area contributed by atoms with E-state index in [9.17, 15) is 4.39 Å². The van der Waals surface area contributed by atoms with Crippen LogP contribution in [0.3, 0.4) is 0 Å². The molecule has 0 saturated heterocycles. The second-order valence-electron chi connectivity index (χ2n) is 4.68. The zero-order valence-corrected chi connectivity index (χ0v) is 10.8. The fourth-order valence-electron chi connectivity index (χ4n) is 2.09. The average molecular weight is 267 g/mol. The highest BCUT2D eigenvalue weighted by atomic mass is 19.1. The number of anilines is 1. The van der Waals surface area contributed by atoms with E-state index in [1.54, 1.807) is 18.3 Å². The zero-order chi connectivity index (χ0) is 13.9. The lowest BCUT2D eigenvalue weighted by molar-refractivity contribution is 0.624. The summed E-state index contributed by atoms with van der Waals surface area (Å²) in [7, 11) is 0. The third-order valence-corrected chi connectivity index (χ3v) is 3.11. The summed E-state index contributed by atoms with van der Waals surface area (Å²) in [6.45, 7) is 0.614. The van der Waals surface area contributed by atoms with Crippen LogP contribution in [0.1, 0.15) is 5.56 Å². The zero-order valence-electron chi connectivity index (χ0n) is 10.8. The highest BCUT2D eigenvalue weighted by molar-refractivity contribution is 5.65. The molecular weight excluding hydrogens is 253 g/mol. The molecule has 0 aliphatic carbocycles. The Morgan fingerprint density at radius 1 is 1.05 bits per heavy atom. The van der Waals surface area contributed by atoms with Crippen molar-refractivity contribution >= 4 is 5.69 Å². The van der Waals surface area contributed by atoms with Crippen LogP contribution in [0.25, 0.3) is 11.1 Å². The molecule has 3 rings (SSSR count). The summed E-state index contributed by atoms with van der Waals surface area (Å²) >= 11 is 0. The van der Waals surface area contributed by atoms with Crippen molar-refractivity contribution < 1.29 is 4.39 Å². The highest BCUT2D eigenvalue weighted by Crippen LogP contribution is 2.21. The van der Waals surface area contributed by atoms with Gasteiger partial charge in [-0.3, -0.25) is 4.68 Å². The van der Waals surface area contributed by atoms with Gasteiger partial charge in [-0.1, -0.05) is 24.3 Å². The summed E-state index contributed by atoms with van der Waals surface area (Å²) in [5.74, 6) is -0.227. The Morgan fingerprint density at radius 3 is 2.60 bits per heavy atom. The van der Waals surface area contributed by atoms with Gasteiger partial charge >= 0.3 is 0 Å². The van der Waals surface area contributed by atoms with Gasteiger partial charge in [0.15, 0.2) is 0 Å². The van der Waals surface area contributed by atoms with Crippen LogP contribution >= 0.6 is 0 Å². The molecule has 3 aromatic rings. The largest absolute Gasteiger partial charge is 0.399 e. The molecule has 0 amide bonds. The van der Waals surface area contributed by atoms with Crippen molar-refractivity contribution in [2.24, 2.45) is 0 Å². The van der Waals surface area contributed by atoms with Crippen LogP contribution in [-0.2, 0) is 6.54 Å². The van der Waals surface area contributed by atoms with Crippen LogP contribution in [-0.4, -0.2) is 9.78 Å². The number of hydrogen-bond acceptors (Lipinski definition) is 2. The standard InChI is InChI=1S/C16H14FN3/c17-15-6-4-12(5-7-15)10-20-11-14(9-19-20)13-2-1-3-16(18)8-13/h1-9,11H,10,18H2. The number of benzene rings is 2. The Morgan fingerprint density at radius 2 is 1.85 bits per heavy atom. The molecule has 20 heavy (non-hydrogen) atoms. The molecule has 4 heteroatoms. The lowest BCUT2D eigenvalue weighted by Crippen LogP contribution is -1.99. The van der Waals surface area contributed by atoms with Crippen LogP contribution in [0.4, 0.5) is 10.1 Å². The van der Waals surface area contributed by atoms with Crippen molar-refractivity contribution in [3.8, 4) is 11.1 Å². The molecule has 0 spiro atoms. The van der Waals surface area contributed by atoms with Gasteiger partial charge in [-0.2, -0.15) is 5.10 Å². The fourth-order valence-corrected chi connectivity index (χ4v) is 2.09. The molecular formula is C16H14FN3. The van der Waals surface area contributed by atoms with Crippen LogP contribution < -0.4 is 5.73 Å². The summed E-state index contributed by atoms with van der Waals surface area (Å²) < 4.78 is 14.7. The Kier molecular flexibility index (Phi) is 3.21. The van der Waals surface area contributed by atoms with E-state index in [2.05, 4.69) is 5.10 Å². The molecule has 0 atom stereocenters. The Labute approximate surface area is 116 Å².